The van der Waals surface area contributed by atoms with Gasteiger partial charge in [-0.15, -0.1) is 0 Å². The van der Waals surface area contributed by atoms with Crippen LogP contribution in [0.1, 0.15) is 45.2 Å². The molecule has 148 valence electrons. The van der Waals surface area contributed by atoms with Gasteiger partial charge in [-0.25, -0.2) is 23.2 Å². The molecule has 0 saturated carbocycles. The van der Waals surface area contributed by atoms with Gasteiger partial charge in [0.1, 0.15) is 0 Å². The Kier molecular flexibility index (Phi) is 6.57. The van der Waals surface area contributed by atoms with Crippen molar-refractivity contribution in [2.75, 3.05) is 12.4 Å². The first-order chi connectivity index (χ1) is 13.1. The SMILES string of the molecule is C=NC(C#Cc1ccc2c(c1)C(C)(C)CCS2(=O)=O)=N/C=C(\C)C(=O)OCC. The molecule has 1 aromatic rings. The number of esters is 1. The first kappa shape index (κ1) is 21.6. The molecule has 0 fully saturated rings. The fourth-order valence-electron chi connectivity index (χ4n) is 2.74. The number of fused-ring (bicyclic) bond motifs is 1. The molecule has 2 rings (SSSR count). The molecule has 28 heavy (non-hydrogen) atoms. The zero-order valence-electron chi connectivity index (χ0n) is 16.6. The normalized spacial score (nSPS) is 17.7. The summed E-state index contributed by atoms with van der Waals surface area (Å²) < 4.78 is 29.5. The van der Waals surface area contributed by atoms with E-state index in [0.717, 1.165) is 5.56 Å². The molecule has 0 spiro atoms. The maximum absolute atomic E-state index is 12.3. The number of ether oxygens (including phenoxy) is 1. The molecule has 0 aliphatic carbocycles. The molecule has 0 aromatic heterocycles. The highest BCUT2D eigenvalue weighted by Gasteiger charge is 2.35. The topological polar surface area (TPSA) is 85.2 Å². The molecular weight excluding hydrogens is 376 g/mol. The number of rotatable bonds is 3. The molecular formula is C21H24N2O4S. The zero-order chi connectivity index (χ0) is 20.9. The second kappa shape index (κ2) is 8.53. The summed E-state index contributed by atoms with van der Waals surface area (Å²) in [6, 6.07) is 5.09. The molecule has 1 aliphatic rings. The maximum Gasteiger partial charge on any atom is 0.335 e. The number of nitrogens with zero attached hydrogens (tertiary/aromatic N) is 2. The Balaban J connectivity index is 2.35. The fraction of sp³-hybridized carbons (Fsp3) is 0.381. The minimum atomic E-state index is -3.25. The van der Waals surface area contributed by atoms with E-state index in [2.05, 4.69) is 28.5 Å². The van der Waals surface area contributed by atoms with Crippen LogP contribution in [0.5, 0.6) is 0 Å². The number of benzene rings is 1. The molecule has 6 nitrogen and oxygen atoms in total. The molecule has 1 aliphatic heterocycles. The summed E-state index contributed by atoms with van der Waals surface area (Å²) in [7, 11) is -3.25. The fourth-order valence-corrected chi connectivity index (χ4v) is 4.68. The van der Waals surface area contributed by atoms with Gasteiger partial charge in [-0.1, -0.05) is 19.8 Å². The second-order valence-electron chi connectivity index (χ2n) is 7.06. The highest BCUT2D eigenvalue weighted by molar-refractivity contribution is 7.91. The number of hydrogen-bond acceptors (Lipinski definition) is 5. The van der Waals surface area contributed by atoms with Crippen molar-refractivity contribution in [3.05, 3.63) is 41.1 Å². The lowest BCUT2D eigenvalue weighted by molar-refractivity contribution is -0.138. The van der Waals surface area contributed by atoms with E-state index in [0.29, 0.717) is 22.5 Å². The molecule has 0 unspecified atom stereocenters. The van der Waals surface area contributed by atoms with Gasteiger partial charge >= 0.3 is 5.97 Å². The average Bonchev–Trinajstić information content (AvgIpc) is 2.65. The number of carbonyl (C=O) groups is 1. The third-order valence-corrected chi connectivity index (χ3v) is 6.25. The minimum Gasteiger partial charge on any atom is -0.463 e. The van der Waals surface area contributed by atoms with Crippen molar-refractivity contribution in [3.63, 3.8) is 0 Å². The summed E-state index contributed by atoms with van der Waals surface area (Å²) in [5.41, 5.74) is 1.51. The molecule has 0 N–H and O–H groups in total. The Morgan fingerprint density at radius 1 is 1.39 bits per heavy atom. The van der Waals surface area contributed by atoms with E-state index in [4.69, 9.17) is 4.74 Å². The van der Waals surface area contributed by atoms with E-state index >= 15 is 0 Å². The lowest BCUT2D eigenvalue weighted by atomic mass is 9.81. The van der Waals surface area contributed by atoms with Gasteiger partial charge in [0, 0.05) is 11.8 Å². The first-order valence-electron chi connectivity index (χ1n) is 8.88. The minimum absolute atomic E-state index is 0.147. The van der Waals surface area contributed by atoms with Crippen LogP contribution >= 0.6 is 0 Å². The predicted molar refractivity (Wildman–Crippen MR) is 110 cm³/mol. The van der Waals surface area contributed by atoms with Gasteiger partial charge in [0.2, 0.25) is 5.84 Å². The van der Waals surface area contributed by atoms with Crippen LogP contribution in [-0.2, 0) is 24.8 Å². The summed E-state index contributed by atoms with van der Waals surface area (Å²) >= 11 is 0. The van der Waals surface area contributed by atoms with Crippen LogP contribution in [0.2, 0.25) is 0 Å². The highest BCUT2D eigenvalue weighted by atomic mass is 32.2. The van der Waals surface area contributed by atoms with Crippen molar-refractivity contribution in [2.45, 2.75) is 44.4 Å². The van der Waals surface area contributed by atoms with E-state index in [1.807, 2.05) is 13.8 Å². The maximum atomic E-state index is 12.3. The molecule has 1 heterocycles. The Hall–Kier alpha value is -2.72. The quantitative estimate of drug-likeness (QED) is 0.257. The lowest BCUT2D eigenvalue weighted by Crippen LogP contribution is -2.30. The molecule has 1 aromatic carbocycles. The smallest absolute Gasteiger partial charge is 0.335 e. The highest BCUT2D eigenvalue weighted by Crippen LogP contribution is 2.38. The Bertz CT molecular complexity index is 1020. The van der Waals surface area contributed by atoms with E-state index in [1.54, 1.807) is 32.0 Å². The van der Waals surface area contributed by atoms with Gasteiger partial charge < -0.3 is 4.74 Å². The Morgan fingerprint density at radius 2 is 2.11 bits per heavy atom. The van der Waals surface area contributed by atoms with Crippen molar-refractivity contribution in [3.8, 4) is 11.8 Å². The zero-order valence-corrected chi connectivity index (χ0v) is 17.4. The summed E-state index contributed by atoms with van der Waals surface area (Å²) in [5, 5.41) is 0. The van der Waals surface area contributed by atoms with E-state index in [9.17, 15) is 13.2 Å². The van der Waals surface area contributed by atoms with E-state index in [1.165, 1.54) is 6.20 Å². The summed E-state index contributed by atoms with van der Waals surface area (Å²) in [5.74, 6) is 5.57. The van der Waals surface area contributed by atoms with Crippen molar-refractivity contribution in [1.29, 1.82) is 0 Å². The first-order valence-corrected chi connectivity index (χ1v) is 10.5. The van der Waals surface area contributed by atoms with Gasteiger partial charge in [0.05, 0.1) is 22.8 Å². The van der Waals surface area contributed by atoms with E-state index < -0.39 is 15.8 Å². The molecule has 7 heteroatoms. The number of aliphatic imine (C=N–C) groups is 2. The van der Waals surface area contributed by atoms with Crippen LogP contribution in [0.15, 0.2) is 44.9 Å². The summed E-state index contributed by atoms with van der Waals surface area (Å²) in [6.45, 7) is 11.1. The van der Waals surface area contributed by atoms with Gasteiger partial charge in [0.15, 0.2) is 9.84 Å². The second-order valence-corrected chi connectivity index (χ2v) is 9.13. The standard InChI is InChI=1S/C21H24N2O4S/c1-6-27-20(24)15(2)14-23-19(22-5)10-8-16-7-9-18-17(13-16)21(3,4)11-12-28(18,25)26/h7,9,13-14H,5-6,11-12H2,1-4H3/b15-14+,23-19?. The van der Waals surface area contributed by atoms with Crippen molar-refractivity contribution >= 4 is 28.4 Å². The third kappa shape index (κ3) is 4.96. The number of carbonyl (C=O) groups excluding carboxylic acids is 1. The Morgan fingerprint density at radius 3 is 2.75 bits per heavy atom. The summed E-state index contributed by atoms with van der Waals surface area (Å²) in [6.07, 6.45) is 1.90. The largest absolute Gasteiger partial charge is 0.463 e. The lowest BCUT2D eigenvalue weighted by Gasteiger charge is -2.32. The van der Waals surface area contributed by atoms with E-state index in [-0.39, 0.29) is 23.6 Å². The predicted octanol–water partition coefficient (Wildman–Crippen LogP) is 3.06. The van der Waals surface area contributed by atoms with Crippen molar-refractivity contribution in [2.24, 2.45) is 9.98 Å². The molecule has 0 atom stereocenters. The van der Waals surface area contributed by atoms with Crippen LogP contribution in [0, 0.1) is 11.8 Å². The van der Waals surface area contributed by atoms with Gasteiger partial charge in [0.25, 0.3) is 0 Å². The molecule has 0 amide bonds. The molecule has 0 saturated heterocycles. The third-order valence-electron chi connectivity index (χ3n) is 4.49. The van der Waals surface area contributed by atoms with Gasteiger partial charge in [-0.05, 0) is 62.1 Å². The molecule has 0 bridgehead atoms. The van der Waals surface area contributed by atoms with Gasteiger partial charge in [-0.2, -0.15) is 0 Å². The number of hydrogen-bond donors (Lipinski definition) is 0. The van der Waals surface area contributed by atoms with Gasteiger partial charge in [-0.3, -0.25) is 0 Å². The monoisotopic (exact) mass is 400 g/mol. The number of amidine groups is 1. The van der Waals surface area contributed by atoms with Crippen molar-refractivity contribution in [1.82, 2.24) is 0 Å². The van der Waals surface area contributed by atoms with Crippen LogP contribution in [0.4, 0.5) is 0 Å². The van der Waals surface area contributed by atoms with Crippen LogP contribution in [0.3, 0.4) is 0 Å². The van der Waals surface area contributed by atoms with Crippen molar-refractivity contribution < 1.29 is 17.9 Å². The summed E-state index contributed by atoms with van der Waals surface area (Å²) in [4.78, 5) is 19.8. The average molecular weight is 401 g/mol. The van der Waals surface area contributed by atoms with Crippen LogP contribution in [-0.4, -0.2) is 39.3 Å². The Labute approximate surface area is 166 Å². The number of sulfone groups is 1. The van der Waals surface area contributed by atoms with Crippen LogP contribution < -0.4 is 0 Å². The van der Waals surface area contributed by atoms with Crippen LogP contribution in [0.25, 0.3) is 0 Å². The molecule has 0 radical (unpaired) electrons.